The molecule has 1 aliphatic heterocycles. The average Bonchev–Trinajstić information content (AvgIpc) is 2.73. The Morgan fingerprint density at radius 1 is 0.556 bits per heavy atom. The summed E-state index contributed by atoms with van der Waals surface area (Å²) in [6.07, 6.45) is 0. The van der Waals surface area contributed by atoms with Crippen LogP contribution in [0.15, 0.2) is 84.9 Å². The zero-order valence-corrected chi connectivity index (χ0v) is 14.6. The molecule has 0 aliphatic carbocycles. The zero-order valence-electron chi connectivity index (χ0n) is 14.6. The fourth-order valence-electron chi connectivity index (χ4n) is 4.19. The summed E-state index contributed by atoms with van der Waals surface area (Å²) in [6.45, 7) is 0. The third-order valence-electron chi connectivity index (χ3n) is 5.40. The van der Waals surface area contributed by atoms with E-state index in [1.807, 2.05) is 48.5 Å². The van der Waals surface area contributed by atoms with Gasteiger partial charge >= 0.3 is 0 Å². The Labute approximate surface area is 157 Å². The summed E-state index contributed by atoms with van der Waals surface area (Å²) in [5, 5.41) is 27.1. The van der Waals surface area contributed by atoms with Gasteiger partial charge in [-0.05, 0) is 34.0 Å². The topological polar surface area (TPSA) is 52.5 Å². The number of hydrogen-bond donors (Lipinski definition) is 3. The number of phenolic OH excluding ortho intramolecular Hbond substituents is 2. The largest absolute Gasteiger partial charge is 0.508 e. The van der Waals surface area contributed by atoms with Crippen molar-refractivity contribution in [2.75, 3.05) is 0 Å². The fourth-order valence-corrected chi connectivity index (χ4v) is 4.19. The van der Waals surface area contributed by atoms with E-state index in [1.165, 1.54) is 0 Å². The van der Waals surface area contributed by atoms with Crippen LogP contribution in [0.3, 0.4) is 0 Å². The van der Waals surface area contributed by atoms with Crippen molar-refractivity contribution in [3.8, 4) is 11.5 Å². The number of aromatic hydroxyl groups is 2. The Balaban J connectivity index is 1.86. The van der Waals surface area contributed by atoms with E-state index in [0.29, 0.717) is 0 Å². The highest BCUT2D eigenvalue weighted by molar-refractivity contribution is 5.95. The second-order valence-corrected chi connectivity index (χ2v) is 6.95. The van der Waals surface area contributed by atoms with Crippen LogP contribution < -0.4 is 5.32 Å². The van der Waals surface area contributed by atoms with E-state index in [1.54, 1.807) is 12.1 Å². The van der Waals surface area contributed by atoms with Gasteiger partial charge in [-0.15, -0.1) is 0 Å². The van der Waals surface area contributed by atoms with Gasteiger partial charge in [-0.3, -0.25) is 5.32 Å². The normalized spacial score (nSPS) is 18.5. The molecular formula is C24H19NO2. The molecule has 0 fully saturated rings. The molecule has 27 heavy (non-hydrogen) atoms. The summed E-state index contributed by atoms with van der Waals surface area (Å²) >= 11 is 0. The van der Waals surface area contributed by atoms with E-state index in [4.69, 9.17) is 0 Å². The van der Waals surface area contributed by atoms with Gasteiger partial charge in [0.2, 0.25) is 0 Å². The minimum Gasteiger partial charge on any atom is -0.508 e. The molecule has 132 valence electrons. The third kappa shape index (κ3) is 2.47. The number of rotatable bonds is 2. The quantitative estimate of drug-likeness (QED) is 0.474. The minimum atomic E-state index is -0.172. The van der Waals surface area contributed by atoms with Gasteiger partial charge in [0.15, 0.2) is 0 Å². The fraction of sp³-hybridized carbons (Fsp3) is 0.0833. The molecule has 3 N–H and O–H groups in total. The van der Waals surface area contributed by atoms with Gasteiger partial charge in [-0.25, -0.2) is 0 Å². The lowest BCUT2D eigenvalue weighted by Crippen LogP contribution is -2.32. The van der Waals surface area contributed by atoms with Crippen LogP contribution in [-0.2, 0) is 0 Å². The molecule has 0 saturated carbocycles. The first-order valence-electron chi connectivity index (χ1n) is 9.07. The lowest BCUT2D eigenvalue weighted by molar-refractivity contribution is 0.433. The number of hydrogen-bond acceptors (Lipinski definition) is 3. The van der Waals surface area contributed by atoms with Crippen molar-refractivity contribution in [2.24, 2.45) is 0 Å². The highest BCUT2D eigenvalue weighted by Gasteiger charge is 2.33. The third-order valence-corrected chi connectivity index (χ3v) is 5.40. The summed E-state index contributed by atoms with van der Waals surface area (Å²) in [6, 6.07) is 27.2. The van der Waals surface area contributed by atoms with Crippen LogP contribution in [0.2, 0.25) is 0 Å². The lowest BCUT2D eigenvalue weighted by atomic mass is 9.81. The van der Waals surface area contributed by atoms with Crippen LogP contribution in [0.4, 0.5) is 0 Å². The van der Waals surface area contributed by atoms with E-state index in [9.17, 15) is 10.2 Å². The summed E-state index contributed by atoms with van der Waals surface area (Å²) in [5.41, 5.74) is 3.79. The van der Waals surface area contributed by atoms with Gasteiger partial charge in [-0.2, -0.15) is 0 Å². The predicted molar refractivity (Wildman–Crippen MR) is 107 cm³/mol. The molecule has 4 aromatic carbocycles. The maximum atomic E-state index is 10.7. The lowest BCUT2D eigenvalue weighted by Gasteiger charge is -2.35. The van der Waals surface area contributed by atoms with Gasteiger partial charge in [0, 0.05) is 11.1 Å². The molecule has 0 radical (unpaired) electrons. The molecule has 1 heterocycles. The van der Waals surface area contributed by atoms with E-state index in [2.05, 4.69) is 29.6 Å². The summed E-state index contributed by atoms with van der Waals surface area (Å²) in [7, 11) is 0. The minimum absolute atomic E-state index is 0.172. The van der Waals surface area contributed by atoms with Crippen molar-refractivity contribution in [1.29, 1.82) is 0 Å². The Hall–Kier alpha value is -3.30. The molecule has 0 spiro atoms. The van der Waals surface area contributed by atoms with Crippen LogP contribution >= 0.6 is 0 Å². The van der Waals surface area contributed by atoms with E-state index in [-0.39, 0.29) is 23.6 Å². The predicted octanol–water partition coefficient (Wildman–Crippen LogP) is 5.03. The average molecular weight is 353 g/mol. The molecule has 0 aromatic heterocycles. The molecule has 0 saturated heterocycles. The van der Waals surface area contributed by atoms with Crippen molar-refractivity contribution < 1.29 is 10.2 Å². The van der Waals surface area contributed by atoms with Crippen LogP contribution in [0.5, 0.6) is 11.5 Å². The van der Waals surface area contributed by atoms with Gasteiger partial charge in [0.05, 0.1) is 12.1 Å². The summed E-state index contributed by atoms with van der Waals surface area (Å²) in [5.74, 6) is 0.476. The molecule has 2 atom stereocenters. The van der Waals surface area contributed by atoms with Gasteiger partial charge in [-0.1, -0.05) is 72.8 Å². The number of benzene rings is 4. The Morgan fingerprint density at radius 2 is 1.00 bits per heavy atom. The van der Waals surface area contributed by atoms with Gasteiger partial charge < -0.3 is 10.2 Å². The van der Waals surface area contributed by atoms with Crippen LogP contribution in [0.25, 0.3) is 10.8 Å². The van der Waals surface area contributed by atoms with Crippen LogP contribution in [0, 0.1) is 0 Å². The smallest absolute Gasteiger partial charge is 0.121 e. The van der Waals surface area contributed by atoms with Crippen molar-refractivity contribution in [2.45, 2.75) is 12.1 Å². The van der Waals surface area contributed by atoms with Crippen LogP contribution in [0.1, 0.15) is 34.3 Å². The van der Waals surface area contributed by atoms with Gasteiger partial charge in [0.1, 0.15) is 11.5 Å². The molecule has 0 unspecified atom stereocenters. The molecule has 4 aromatic rings. The maximum Gasteiger partial charge on any atom is 0.121 e. The van der Waals surface area contributed by atoms with Gasteiger partial charge in [0.25, 0.3) is 0 Å². The Bertz CT molecular complexity index is 1040. The summed E-state index contributed by atoms with van der Waals surface area (Å²) < 4.78 is 0. The first-order chi connectivity index (χ1) is 13.2. The second kappa shape index (κ2) is 6.15. The Morgan fingerprint density at radius 3 is 1.44 bits per heavy atom. The standard InChI is InChI=1S/C24H19NO2/c26-18-13-11-15-12-14-19(27)22-20(15)21(18)23(16-7-3-1-4-8-16)25-24(22)17-9-5-2-6-10-17/h1-14,23-27H/t23-,24-/m1/s1. The molecule has 3 nitrogen and oxygen atoms in total. The van der Waals surface area contributed by atoms with Crippen molar-refractivity contribution in [1.82, 2.24) is 5.32 Å². The molecular weight excluding hydrogens is 334 g/mol. The number of nitrogens with one attached hydrogen (secondary N) is 1. The zero-order chi connectivity index (χ0) is 18.4. The SMILES string of the molecule is Oc1ccc2ccc(O)c3c2c1[C@@H](c1ccccc1)N[C@@H]3c1ccccc1. The highest BCUT2D eigenvalue weighted by Crippen LogP contribution is 2.48. The van der Waals surface area contributed by atoms with E-state index >= 15 is 0 Å². The molecule has 1 aliphatic rings. The van der Waals surface area contributed by atoms with Crippen molar-refractivity contribution in [3.63, 3.8) is 0 Å². The van der Waals surface area contributed by atoms with E-state index < -0.39 is 0 Å². The molecule has 0 amide bonds. The first kappa shape index (κ1) is 15.9. The Kier molecular flexibility index (Phi) is 3.62. The maximum absolute atomic E-state index is 10.7. The first-order valence-corrected chi connectivity index (χ1v) is 9.07. The highest BCUT2D eigenvalue weighted by atomic mass is 16.3. The second-order valence-electron chi connectivity index (χ2n) is 6.95. The summed E-state index contributed by atoms with van der Waals surface area (Å²) in [4.78, 5) is 0. The van der Waals surface area contributed by atoms with Crippen LogP contribution in [-0.4, -0.2) is 10.2 Å². The number of phenols is 2. The molecule has 5 rings (SSSR count). The van der Waals surface area contributed by atoms with E-state index in [0.717, 1.165) is 33.0 Å². The monoisotopic (exact) mass is 353 g/mol. The molecule has 3 heteroatoms. The van der Waals surface area contributed by atoms with Crippen molar-refractivity contribution >= 4 is 10.8 Å². The van der Waals surface area contributed by atoms with Crippen molar-refractivity contribution in [3.05, 3.63) is 107 Å². The molecule has 0 bridgehead atoms.